The maximum atomic E-state index is 13.4. The predicted molar refractivity (Wildman–Crippen MR) is 63.2 cm³/mol. The quantitative estimate of drug-likeness (QED) is 0.752. The molecule has 1 aliphatic rings. The van der Waals surface area contributed by atoms with E-state index in [1.807, 2.05) is 0 Å². The number of nitrogens with zero attached hydrogens (tertiary/aromatic N) is 2. The van der Waals surface area contributed by atoms with Gasteiger partial charge in [-0.3, -0.25) is 9.59 Å². The maximum absolute atomic E-state index is 13.4. The van der Waals surface area contributed by atoms with E-state index in [-0.39, 0.29) is 28.4 Å². The van der Waals surface area contributed by atoms with Gasteiger partial charge < -0.3 is 4.90 Å². The number of carbonyl (C=O) groups is 2. The number of carbonyl (C=O) groups excluding carboxylic acids is 2. The summed E-state index contributed by atoms with van der Waals surface area (Å²) in [5, 5.41) is -0.129. The zero-order valence-corrected chi connectivity index (χ0v) is 10.0. The zero-order chi connectivity index (χ0) is 12.4. The number of amides is 1. The van der Waals surface area contributed by atoms with Gasteiger partial charge in [0.2, 0.25) is 11.9 Å². The molecule has 17 heavy (non-hydrogen) atoms. The van der Waals surface area contributed by atoms with Crippen LogP contribution < -0.4 is 4.90 Å². The third-order valence-electron chi connectivity index (χ3n) is 2.45. The Morgan fingerprint density at radius 1 is 1.65 bits per heavy atom. The molecule has 0 aromatic carbocycles. The molecule has 0 aliphatic carbocycles. The van der Waals surface area contributed by atoms with Gasteiger partial charge in [-0.2, -0.15) is 4.39 Å². The highest BCUT2D eigenvalue weighted by molar-refractivity contribution is 8.14. The largest absolute Gasteiger partial charge is 0.307 e. The average molecular weight is 254 g/mol. The maximum Gasteiger partial charge on any atom is 0.236 e. The van der Waals surface area contributed by atoms with E-state index in [9.17, 15) is 14.0 Å². The Bertz CT molecular complexity index is 467. The van der Waals surface area contributed by atoms with Crippen LogP contribution in [0.3, 0.4) is 0 Å². The van der Waals surface area contributed by atoms with Gasteiger partial charge in [-0.15, -0.1) is 0 Å². The summed E-state index contributed by atoms with van der Waals surface area (Å²) in [5.41, 5.74) is 0.184. The van der Waals surface area contributed by atoms with E-state index < -0.39 is 5.95 Å². The van der Waals surface area contributed by atoms with Gasteiger partial charge in [0.05, 0.1) is 5.69 Å². The van der Waals surface area contributed by atoms with Gasteiger partial charge in [0.25, 0.3) is 0 Å². The summed E-state index contributed by atoms with van der Waals surface area (Å²) in [6.45, 7) is 1.81. The minimum Gasteiger partial charge on any atom is -0.307 e. The first-order chi connectivity index (χ1) is 8.08. The number of halogens is 1. The molecule has 1 unspecified atom stereocenters. The highest BCUT2D eigenvalue weighted by Crippen LogP contribution is 2.29. The molecule has 1 aliphatic heterocycles. The molecule has 4 nitrogen and oxygen atoms in total. The molecule has 90 valence electrons. The molecule has 0 bridgehead atoms. The fraction of sp³-hybridized carbons (Fsp3) is 0.364. The second kappa shape index (κ2) is 4.83. The summed E-state index contributed by atoms with van der Waals surface area (Å²) in [6, 6.07) is 3.10. The van der Waals surface area contributed by atoms with E-state index in [0.29, 0.717) is 6.54 Å². The Balaban J connectivity index is 2.16. The zero-order valence-electron chi connectivity index (χ0n) is 9.22. The fourth-order valence-corrected chi connectivity index (χ4v) is 2.72. The molecule has 2 rings (SSSR count). The van der Waals surface area contributed by atoms with E-state index >= 15 is 0 Å². The topological polar surface area (TPSA) is 50.3 Å². The number of thioether (sulfide) groups is 1. The van der Waals surface area contributed by atoms with Crippen molar-refractivity contribution in [3.8, 4) is 0 Å². The highest BCUT2D eigenvalue weighted by atomic mass is 32.2. The van der Waals surface area contributed by atoms with Crippen LogP contribution in [0.1, 0.15) is 13.3 Å². The monoisotopic (exact) mass is 254 g/mol. The van der Waals surface area contributed by atoms with E-state index in [4.69, 9.17) is 0 Å². The second-order valence-electron chi connectivity index (χ2n) is 3.75. The average Bonchev–Trinajstić information content (AvgIpc) is 2.59. The molecule has 1 fully saturated rings. The third-order valence-corrected chi connectivity index (χ3v) is 3.43. The van der Waals surface area contributed by atoms with E-state index in [1.165, 1.54) is 24.1 Å². The molecule has 0 N–H and O–H groups in total. The van der Waals surface area contributed by atoms with Crippen LogP contribution in [0.15, 0.2) is 18.3 Å². The van der Waals surface area contributed by atoms with Gasteiger partial charge in [-0.1, -0.05) is 11.8 Å². The fourth-order valence-electron chi connectivity index (χ4n) is 1.80. The Morgan fingerprint density at radius 2 is 2.41 bits per heavy atom. The van der Waals surface area contributed by atoms with Crippen molar-refractivity contribution in [1.82, 2.24) is 4.98 Å². The van der Waals surface area contributed by atoms with Crippen LogP contribution in [0.4, 0.5) is 10.1 Å². The number of aromatic nitrogens is 1. The summed E-state index contributed by atoms with van der Waals surface area (Å²) in [6.07, 6.45) is 1.60. The molecule has 1 atom stereocenters. The lowest BCUT2D eigenvalue weighted by Gasteiger charge is -2.16. The van der Waals surface area contributed by atoms with Crippen molar-refractivity contribution >= 4 is 28.5 Å². The minimum absolute atomic E-state index is 0.0312. The molecule has 0 saturated carbocycles. The van der Waals surface area contributed by atoms with Crippen LogP contribution in [0.2, 0.25) is 0 Å². The van der Waals surface area contributed by atoms with Gasteiger partial charge in [0.1, 0.15) is 0 Å². The first kappa shape index (κ1) is 12.0. The third kappa shape index (κ3) is 2.63. The lowest BCUT2D eigenvalue weighted by Crippen LogP contribution is -2.26. The van der Waals surface area contributed by atoms with E-state index in [0.717, 1.165) is 11.8 Å². The number of hydrogen-bond donors (Lipinski definition) is 0. The van der Waals surface area contributed by atoms with Gasteiger partial charge >= 0.3 is 0 Å². The van der Waals surface area contributed by atoms with Crippen molar-refractivity contribution < 1.29 is 14.0 Å². The smallest absolute Gasteiger partial charge is 0.236 e. The molecule has 2 heterocycles. The molecule has 6 heteroatoms. The van der Waals surface area contributed by atoms with Gasteiger partial charge in [-0.25, -0.2) is 4.98 Å². The molecule has 1 aromatic heterocycles. The SMILES string of the molecule is CC(=O)SC1CC(=O)N(c2cccnc2F)C1. The predicted octanol–water partition coefficient (Wildman–Crippen LogP) is 1.61. The Labute approximate surface area is 102 Å². The van der Waals surface area contributed by atoms with Crippen LogP contribution in [0.5, 0.6) is 0 Å². The molecule has 1 saturated heterocycles. The van der Waals surface area contributed by atoms with Crippen LogP contribution >= 0.6 is 11.8 Å². The Kier molecular flexibility index (Phi) is 3.42. The number of anilines is 1. The molecule has 0 spiro atoms. The number of rotatable bonds is 2. The summed E-state index contributed by atoms with van der Waals surface area (Å²) >= 11 is 1.13. The van der Waals surface area contributed by atoms with Crippen molar-refractivity contribution in [2.75, 3.05) is 11.4 Å². The van der Waals surface area contributed by atoms with Gasteiger partial charge in [0, 0.05) is 31.3 Å². The Hall–Kier alpha value is -1.43. The van der Waals surface area contributed by atoms with Crippen LogP contribution in [0.25, 0.3) is 0 Å². The molecular formula is C11H11FN2O2S. The Morgan fingerprint density at radius 3 is 3.06 bits per heavy atom. The van der Waals surface area contributed by atoms with Crippen molar-refractivity contribution in [3.63, 3.8) is 0 Å². The lowest BCUT2D eigenvalue weighted by atomic mass is 10.4. The van der Waals surface area contributed by atoms with E-state index in [1.54, 1.807) is 6.07 Å². The van der Waals surface area contributed by atoms with E-state index in [2.05, 4.69) is 4.98 Å². The summed E-state index contributed by atoms with van der Waals surface area (Å²) in [4.78, 5) is 27.5. The molecule has 0 radical (unpaired) electrons. The van der Waals surface area contributed by atoms with Crippen molar-refractivity contribution in [2.24, 2.45) is 0 Å². The summed E-state index contributed by atoms with van der Waals surface area (Å²) < 4.78 is 13.4. The molecule has 1 aromatic rings. The van der Waals surface area contributed by atoms with Crippen LogP contribution in [-0.4, -0.2) is 27.8 Å². The number of pyridine rings is 1. The molecule has 1 amide bonds. The van der Waals surface area contributed by atoms with Crippen molar-refractivity contribution in [1.29, 1.82) is 0 Å². The van der Waals surface area contributed by atoms with Crippen LogP contribution in [0, 0.1) is 5.95 Å². The second-order valence-corrected chi connectivity index (χ2v) is 5.23. The standard InChI is InChI=1S/C11H11FN2O2S/c1-7(15)17-8-5-10(16)14(6-8)9-3-2-4-13-11(9)12/h2-4,8H,5-6H2,1H3. The van der Waals surface area contributed by atoms with Crippen molar-refractivity contribution in [3.05, 3.63) is 24.3 Å². The van der Waals surface area contributed by atoms with Gasteiger partial charge in [0.15, 0.2) is 5.12 Å². The first-order valence-electron chi connectivity index (χ1n) is 5.16. The van der Waals surface area contributed by atoms with Gasteiger partial charge in [-0.05, 0) is 12.1 Å². The number of hydrogen-bond acceptors (Lipinski definition) is 4. The summed E-state index contributed by atoms with van der Waals surface area (Å²) in [7, 11) is 0. The normalized spacial score (nSPS) is 19.8. The minimum atomic E-state index is -0.658. The van der Waals surface area contributed by atoms with Crippen LogP contribution in [-0.2, 0) is 9.59 Å². The summed E-state index contributed by atoms with van der Waals surface area (Å²) in [5.74, 6) is -0.829. The highest BCUT2D eigenvalue weighted by Gasteiger charge is 2.33. The molecular weight excluding hydrogens is 243 g/mol. The van der Waals surface area contributed by atoms with Crippen molar-refractivity contribution in [2.45, 2.75) is 18.6 Å². The lowest BCUT2D eigenvalue weighted by molar-refractivity contribution is -0.117. The first-order valence-corrected chi connectivity index (χ1v) is 6.04.